The molecule has 1 amide bonds. The number of oxazole rings is 1. The summed E-state index contributed by atoms with van der Waals surface area (Å²) >= 11 is 11.8. The lowest BCUT2D eigenvalue weighted by atomic mass is 10.2. The number of para-hydroxylation sites is 2. The van der Waals surface area contributed by atoms with E-state index in [-0.39, 0.29) is 0 Å². The van der Waals surface area contributed by atoms with Gasteiger partial charge in [0.05, 0.1) is 21.2 Å². The highest BCUT2D eigenvalue weighted by Crippen LogP contribution is 2.24. The average Bonchev–Trinajstić information content (AvgIpc) is 2.90. The number of halogens is 2. The standard InChI is InChI=1S/C16H13Cl2N3O3/c1-9(21-13-4-2-3-5-14(13)24-16(21)23)15(22)20-19-10-6-7-11(17)12(18)8-10/h2-9,19H,1H3,(H,20,22). The van der Waals surface area contributed by atoms with Crippen molar-refractivity contribution >= 4 is 45.9 Å². The molecule has 24 heavy (non-hydrogen) atoms. The number of aromatic nitrogens is 1. The second-order valence-electron chi connectivity index (χ2n) is 5.12. The minimum Gasteiger partial charge on any atom is -0.408 e. The van der Waals surface area contributed by atoms with Crippen molar-refractivity contribution in [3.05, 3.63) is 63.1 Å². The van der Waals surface area contributed by atoms with Gasteiger partial charge in [0.1, 0.15) is 6.04 Å². The zero-order valence-electron chi connectivity index (χ0n) is 12.5. The van der Waals surface area contributed by atoms with Crippen molar-refractivity contribution < 1.29 is 9.21 Å². The fourth-order valence-electron chi connectivity index (χ4n) is 2.28. The highest BCUT2D eigenvalue weighted by Gasteiger charge is 2.21. The normalized spacial score (nSPS) is 12.1. The Labute approximate surface area is 146 Å². The van der Waals surface area contributed by atoms with Crippen LogP contribution in [0.15, 0.2) is 51.7 Å². The van der Waals surface area contributed by atoms with Gasteiger partial charge in [-0.15, -0.1) is 0 Å². The number of amides is 1. The fourth-order valence-corrected chi connectivity index (χ4v) is 2.58. The molecule has 1 atom stereocenters. The molecule has 1 heterocycles. The van der Waals surface area contributed by atoms with E-state index < -0.39 is 17.7 Å². The molecule has 2 aromatic carbocycles. The summed E-state index contributed by atoms with van der Waals surface area (Å²) in [5.74, 6) is -0.997. The molecule has 0 fully saturated rings. The van der Waals surface area contributed by atoms with E-state index in [4.69, 9.17) is 27.6 Å². The van der Waals surface area contributed by atoms with Crippen LogP contribution < -0.4 is 16.6 Å². The van der Waals surface area contributed by atoms with Gasteiger partial charge in [-0.25, -0.2) is 4.79 Å². The summed E-state index contributed by atoms with van der Waals surface area (Å²) in [4.78, 5) is 24.3. The second kappa shape index (κ2) is 6.59. The van der Waals surface area contributed by atoms with E-state index in [0.29, 0.717) is 26.8 Å². The predicted octanol–water partition coefficient (Wildman–Crippen LogP) is 3.61. The first-order valence-corrected chi connectivity index (χ1v) is 7.84. The van der Waals surface area contributed by atoms with Crippen LogP contribution >= 0.6 is 23.2 Å². The Hall–Kier alpha value is -2.44. The molecule has 1 unspecified atom stereocenters. The Bertz CT molecular complexity index is 965. The van der Waals surface area contributed by atoms with Crippen LogP contribution in [0.3, 0.4) is 0 Å². The molecule has 0 saturated carbocycles. The molecule has 0 aliphatic rings. The number of nitrogens with zero attached hydrogens (tertiary/aromatic N) is 1. The topological polar surface area (TPSA) is 76.3 Å². The summed E-state index contributed by atoms with van der Waals surface area (Å²) in [5, 5.41) is 0.777. The Morgan fingerprint density at radius 2 is 1.92 bits per heavy atom. The van der Waals surface area contributed by atoms with Gasteiger partial charge in [0.15, 0.2) is 5.58 Å². The van der Waals surface area contributed by atoms with Crippen molar-refractivity contribution in [1.82, 2.24) is 9.99 Å². The number of fused-ring (bicyclic) bond motifs is 1. The van der Waals surface area contributed by atoms with E-state index >= 15 is 0 Å². The maximum atomic E-state index is 12.3. The van der Waals surface area contributed by atoms with Gasteiger partial charge >= 0.3 is 5.76 Å². The summed E-state index contributed by atoms with van der Waals surface area (Å²) in [6.45, 7) is 1.61. The van der Waals surface area contributed by atoms with E-state index in [1.807, 2.05) is 0 Å². The Kier molecular flexibility index (Phi) is 4.51. The van der Waals surface area contributed by atoms with Crippen LogP contribution in [0, 0.1) is 0 Å². The van der Waals surface area contributed by atoms with Crippen molar-refractivity contribution in [3.8, 4) is 0 Å². The summed E-state index contributed by atoms with van der Waals surface area (Å²) in [5.41, 5.74) is 6.82. The molecule has 6 nitrogen and oxygen atoms in total. The largest absolute Gasteiger partial charge is 0.420 e. The number of hydrogen-bond acceptors (Lipinski definition) is 4. The van der Waals surface area contributed by atoms with E-state index in [1.165, 1.54) is 4.57 Å². The molecule has 0 bridgehead atoms. The molecule has 8 heteroatoms. The van der Waals surface area contributed by atoms with Crippen LogP contribution in [0.5, 0.6) is 0 Å². The number of hydrogen-bond donors (Lipinski definition) is 2. The lowest BCUT2D eigenvalue weighted by Gasteiger charge is -2.14. The third kappa shape index (κ3) is 3.11. The van der Waals surface area contributed by atoms with E-state index in [2.05, 4.69) is 10.9 Å². The Morgan fingerprint density at radius 3 is 2.67 bits per heavy atom. The average molecular weight is 366 g/mol. The van der Waals surface area contributed by atoms with E-state index in [1.54, 1.807) is 49.4 Å². The van der Waals surface area contributed by atoms with Crippen LogP contribution in [0.2, 0.25) is 10.0 Å². The van der Waals surface area contributed by atoms with Crippen molar-refractivity contribution in [2.45, 2.75) is 13.0 Å². The molecule has 1 aromatic heterocycles. The van der Waals surface area contributed by atoms with E-state index in [0.717, 1.165) is 0 Å². The molecule has 0 aliphatic heterocycles. The molecule has 0 saturated heterocycles. The summed E-state index contributed by atoms with van der Waals surface area (Å²) < 4.78 is 6.43. The molecule has 0 radical (unpaired) electrons. The zero-order chi connectivity index (χ0) is 17.3. The lowest BCUT2D eigenvalue weighted by Crippen LogP contribution is -2.37. The zero-order valence-corrected chi connectivity index (χ0v) is 14.1. The number of nitrogens with one attached hydrogen (secondary N) is 2. The SMILES string of the molecule is CC(C(=O)NNc1ccc(Cl)c(Cl)c1)n1c(=O)oc2ccccc21. The molecular weight excluding hydrogens is 353 g/mol. The van der Waals surface area contributed by atoms with Gasteiger partial charge in [0.25, 0.3) is 5.91 Å². The summed E-state index contributed by atoms with van der Waals surface area (Å²) in [6.07, 6.45) is 0. The predicted molar refractivity (Wildman–Crippen MR) is 93.4 cm³/mol. The molecule has 124 valence electrons. The number of benzene rings is 2. The number of rotatable bonds is 4. The Balaban J connectivity index is 1.78. The molecule has 2 N–H and O–H groups in total. The minimum absolute atomic E-state index is 0.362. The van der Waals surface area contributed by atoms with Crippen LogP contribution in [0.4, 0.5) is 5.69 Å². The second-order valence-corrected chi connectivity index (χ2v) is 5.94. The van der Waals surface area contributed by atoms with Gasteiger partial charge in [0.2, 0.25) is 0 Å². The van der Waals surface area contributed by atoms with Gasteiger partial charge < -0.3 is 4.42 Å². The van der Waals surface area contributed by atoms with Gasteiger partial charge in [-0.2, -0.15) is 0 Å². The smallest absolute Gasteiger partial charge is 0.408 e. The first kappa shape index (κ1) is 16.4. The number of carbonyl (C=O) groups is 1. The van der Waals surface area contributed by atoms with Crippen LogP contribution in [0.1, 0.15) is 13.0 Å². The van der Waals surface area contributed by atoms with Gasteiger partial charge in [0, 0.05) is 0 Å². The quantitative estimate of drug-likeness (QED) is 0.692. The molecule has 3 rings (SSSR count). The maximum Gasteiger partial charge on any atom is 0.420 e. The van der Waals surface area contributed by atoms with Crippen molar-refractivity contribution in [2.75, 3.05) is 5.43 Å². The van der Waals surface area contributed by atoms with Crippen molar-refractivity contribution in [3.63, 3.8) is 0 Å². The monoisotopic (exact) mass is 365 g/mol. The molecule has 0 aliphatic carbocycles. The first-order valence-electron chi connectivity index (χ1n) is 7.08. The summed E-state index contributed by atoms with van der Waals surface area (Å²) in [7, 11) is 0. The third-order valence-corrected chi connectivity index (χ3v) is 4.27. The summed E-state index contributed by atoms with van der Waals surface area (Å²) in [6, 6.07) is 11.0. The van der Waals surface area contributed by atoms with Crippen molar-refractivity contribution in [1.29, 1.82) is 0 Å². The lowest BCUT2D eigenvalue weighted by molar-refractivity contribution is -0.123. The van der Waals surface area contributed by atoms with Gasteiger partial charge in [-0.1, -0.05) is 35.3 Å². The van der Waals surface area contributed by atoms with Crippen molar-refractivity contribution in [2.24, 2.45) is 0 Å². The van der Waals surface area contributed by atoms with E-state index in [9.17, 15) is 9.59 Å². The highest BCUT2D eigenvalue weighted by atomic mass is 35.5. The number of anilines is 1. The number of hydrazine groups is 1. The first-order chi connectivity index (χ1) is 11.5. The maximum absolute atomic E-state index is 12.3. The van der Waals surface area contributed by atoms with Crippen LogP contribution in [-0.2, 0) is 4.79 Å². The number of carbonyl (C=O) groups excluding carboxylic acids is 1. The molecular formula is C16H13Cl2N3O3. The molecule has 3 aromatic rings. The van der Waals surface area contributed by atoms with Gasteiger partial charge in [-0.05, 0) is 37.3 Å². The highest BCUT2D eigenvalue weighted by molar-refractivity contribution is 6.42. The van der Waals surface area contributed by atoms with Crippen LogP contribution in [-0.4, -0.2) is 10.5 Å². The minimum atomic E-state index is -0.767. The third-order valence-electron chi connectivity index (χ3n) is 3.54. The fraction of sp³-hybridized carbons (Fsp3) is 0.125. The molecule has 0 spiro atoms. The Morgan fingerprint density at radius 1 is 1.17 bits per heavy atom. The van der Waals surface area contributed by atoms with Gasteiger partial charge in [-0.3, -0.25) is 20.2 Å². The van der Waals surface area contributed by atoms with Crippen LogP contribution in [0.25, 0.3) is 11.1 Å².